The van der Waals surface area contributed by atoms with E-state index in [9.17, 15) is 9.18 Å². The molecule has 0 radical (unpaired) electrons. The van der Waals surface area contributed by atoms with Crippen molar-refractivity contribution in [2.45, 2.75) is 6.54 Å². The summed E-state index contributed by atoms with van der Waals surface area (Å²) in [5, 5.41) is 0.763. The standard InChI is InChI=1S/C21H22FN3O/c1-23-19-8-7-18(22)13-17(19)14-20(23)21(26)25-11-9-24(10-12-25)15-16-5-3-2-4-6-16/h2-8,13-14H,9-12,15H2,1H3. The topological polar surface area (TPSA) is 28.5 Å². The van der Waals surface area contributed by atoms with Gasteiger partial charge in [-0.05, 0) is 29.8 Å². The summed E-state index contributed by atoms with van der Waals surface area (Å²) in [7, 11) is 1.86. The van der Waals surface area contributed by atoms with E-state index in [2.05, 4.69) is 29.2 Å². The van der Waals surface area contributed by atoms with Gasteiger partial charge in [0.25, 0.3) is 5.91 Å². The molecule has 4 nitrogen and oxygen atoms in total. The largest absolute Gasteiger partial charge is 0.340 e. The fourth-order valence-electron chi connectivity index (χ4n) is 3.64. The van der Waals surface area contributed by atoms with Crippen LogP contribution in [0.5, 0.6) is 0 Å². The quantitative estimate of drug-likeness (QED) is 0.725. The Kier molecular flexibility index (Phi) is 4.47. The van der Waals surface area contributed by atoms with Gasteiger partial charge < -0.3 is 9.47 Å². The number of benzene rings is 2. The molecule has 4 rings (SSSR count). The highest BCUT2D eigenvalue weighted by Crippen LogP contribution is 2.21. The summed E-state index contributed by atoms with van der Waals surface area (Å²) in [6, 6.07) is 16.8. The smallest absolute Gasteiger partial charge is 0.270 e. The molecule has 0 spiro atoms. The Bertz CT molecular complexity index is 927. The summed E-state index contributed by atoms with van der Waals surface area (Å²) >= 11 is 0. The van der Waals surface area contributed by atoms with Gasteiger partial charge in [-0.25, -0.2) is 4.39 Å². The number of piperazine rings is 1. The van der Waals surface area contributed by atoms with Gasteiger partial charge in [0.05, 0.1) is 0 Å². The Morgan fingerprint density at radius 2 is 1.73 bits per heavy atom. The highest BCUT2D eigenvalue weighted by molar-refractivity contribution is 5.98. The van der Waals surface area contributed by atoms with Crippen LogP contribution in [0.2, 0.25) is 0 Å². The molecule has 0 unspecified atom stereocenters. The van der Waals surface area contributed by atoms with Crippen LogP contribution < -0.4 is 0 Å². The maximum atomic E-state index is 13.4. The van der Waals surface area contributed by atoms with E-state index in [1.807, 2.05) is 22.6 Å². The molecule has 0 saturated carbocycles. The fourth-order valence-corrected chi connectivity index (χ4v) is 3.64. The van der Waals surface area contributed by atoms with E-state index in [4.69, 9.17) is 0 Å². The Labute approximate surface area is 152 Å². The monoisotopic (exact) mass is 351 g/mol. The van der Waals surface area contributed by atoms with Crippen molar-refractivity contribution in [1.82, 2.24) is 14.4 Å². The maximum absolute atomic E-state index is 13.4. The van der Waals surface area contributed by atoms with Crippen LogP contribution in [-0.2, 0) is 13.6 Å². The number of halogens is 1. The molecule has 1 amide bonds. The summed E-state index contributed by atoms with van der Waals surface area (Å²) in [4.78, 5) is 17.2. The summed E-state index contributed by atoms with van der Waals surface area (Å²) in [6.07, 6.45) is 0. The molecule has 0 N–H and O–H groups in total. The van der Waals surface area contributed by atoms with Crippen LogP contribution in [0.1, 0.15) is 16.1 Å². The van der Waals surface area contributed by atoms with E-state index in [0.29, 0.717) is 18.8 Å². The molecule has 2 heterocycles. The lowest BCUT2D eigenvalue weighted by molar-refractivity contribution is 0.0619. The SMILES string of the molecule is Cn1c(C(=O)N2CCN(Cc3ccccc3)CC2)cc2cc(F)ccc21. The molecule has 1 aromatic heterocycles. The van der Waals surface area contributed by atoms with Crippen LogP contribution in [-0.4, -0.2) is 46.5 Å². The van der Waals surface area contributed by atoms with Gasteiger partial charge in [-0.2, -0.15) is 0 Å². The lowest BCUT2D eigenvalue weighted by Gasteiger charge is -2.34. The van der Waals surface area contributed by atoms with Gasteiger partial charge in [-0.3, -0.25) is 9.69 Å². The Morgan fingerprint density at radius 3 is 2.46 bits per heavy atom. The minimum atomic E-state index is -0.281. The van der Waals surface area contributed by atoms with Crippen molar-refractivity contribution < 1.29 is 9.18 Å². The van der Waals surface area contributed by atoms with Gasteiger partial charge in [-0.15, -0.1) is 0 Å². The molecule has 1 aliphatic heterocycles. The molecule has 1 fully saturated rings. The van der Waals surface area contributed by atoms with E-state index in [1.54, 1.807) is 12.1 Å². The van der Waals surface area contributed by atoms with Crippen molar-refractivity contribution in [1.29, 1.82) is 0 Å². The molecule has 0 aliphatic carbocycles. The molecule has 134 valence electrons. The van der Waals surface area contributed by atoms with Crippen molar-refractivity contribution in [3.63, 3.8) is 0 Å². The lowest BCUT2D eigenvalue weighted by Crippen LogP contribution is -2.48. The third-order valence-corrected chi connectivity index (χ3v) is 5.13. The zero-order valence-electron chi connectivity index (χ0n) is 14.9. The fraction of sp³-hybridized carbons (Fsp3) is 0.286. The number of carbonyl (C=O) groups is 1. The molecule has 1 saturated heterocycles. The van der Waals surface area contributed by atoms with Gasteiger partial charge in [0, 0.05) is 50.7 Å². The van der Waals surface area contributed by atoms with Crippen molar-refractivity contribution in [2.75, 3.05) is 26.2 Å². The summed E-state index contributed by atoms with van der Waals surface area (Å²) in [5.41, 5.74) is 2.78. The van der Waals surface area contributed by atoms with Crippen molar-refractivity contribution in [3.8, 4) is 0 Å². The van der Waals surface area contributed by atoms with Crippen molar-refractivity contribution >= 4 is 16.8 Å². The van der Waals surface area contributed by atoms with E-state index in [1.165, 1.54) is 17.7 Å². The Morgan fingerprint density at radius 1 is 1.00 bits per heavy atom. The first-order chi connectivity index (χ1) is 12.6. The number of aryl methyl sites for hydroxylation is 1. The second-order valence-corrected chi connectivity index (χ2v) is 6.85. The molecule has 0 bridgehead atoms. The van der Waals surface area contributed by atoms with Crippen LogP contribution in [0, 0.1) is 5.82 Å². The summed E-state index contributed by atoms with van der Waals surface area (Å²) in [6.45, 7) is 4.05. The first-order valence-corrected chi connectivity index (χ1v) is 8.92. The minimum absolute atomic E-state index is 0.0171. The van der Waals surface area contributed by atoms with Gasteiger partial charge in [0.15, 0.2) is 0 Å². The molecule has 2 aromatic carbocycles. The van der Waals surface area contributed by atoms with E-state index < -0.39 is 0 Å². The zero-order valence-corrected chi connectivity index (χ0v) is 14.9. The zero-order chi connectivity index (χ0) is 18.1. The van der Waals surface area contributed by atoms with Crippen LogP contribution in [0.25, 0.3) is 10.9 Å². The van der Waals surface area contributed by atoms with Crippen molar-refractivity contribution in [2.24, 2.45) is 7.05 Å². The first-order valence-electron chi connectivity index (χ1n) is 8.92. The number of amides is 1. The predicted octanol–water partition coefficient (Wildman–Crippen LogP) is 3.28. The number of hydrogen-bond donors (Lipinski definition) is 0. The summed E-state index contributed by atoms with van der Waals surface area (Å²) < 4.78 is 15.3. The highest BCUT2D eigenvalue weighted by Gasteiger charge is 2.24. The number of nitrogens with zero attached hydrogens (tertiary/aromatic N) is 3. The maximum Gasteiger partial charge on any atom is 0.270 e. The highest BCUT2D eigenvalue weighted by atomic mass is 19.1. The first kappa shape index (κ1) is 16.8. The lowest BCUT2D eigenvalue weighted by atomic mass is 10.2. The van der Waals surface area contributed by atoms with Crippen LogP contribution in [0.4, 0.5) is 4.39 Å². The molecule has 1 aliphatic rings. The number of fused-ring (bicyclic) bond motifs is 1. The predicted molar refractivity (Wildman–Crippen MR) is 100 cm³/mol. The van der Waals surface area contributed by atoms with E-state index in [-0.39, 0.29) is 11.7 Å². The average Bonchev–Trinajstić information content (AvgIpc) is 2.98. The van der Waals surface area contributed by atoms with Gasteiger partial charge in [0.2, 0.25) is 0 Å². The van der Waals surface area contributed by atoms with Gasteiger partial charge in [-0.1, -0.05) is 30.3 Å². The number of hydrogen-bond acceptors (Lipinski definition) is 2. The van der Waals surface area contributed by atoms with Gasteiger partial charge >= 0.3 is 0 Å². The third kappa shape index (κ3) is 3.22. The molecule has 0 atom stereocenters. The second-order valence-electron chi connectivity index (χ2n) is 6.85. The average molecular weight is 351 g/mol. The van der Waals surface area contributed by atoms with E-state index >= 15 is 0 Å². The molecule has 5 heteroatoms. The normalized spacial score (nSPS) is 15.5. The van der Waals surface area contributed by atoms with Gasteiger partial charge in [0.1, 0.15) is 11.5 Å². The Balaban J connectivity index is 1.44. The van der Waals surface area contributed by atoms with E-state index in [0.717, 1.165) is 30.5 Å². The van der Waals surface area contributed by atoms with Crippen LogP contribution in [0.3, 0.4) is 0 Å². The number of carbonyl (C=O) groups excluding carboxylic acids is 1. The van der Waals surface area contributed by atoms with Crippen molar-refractivity contribution in [3.05, 3.63) is 71.7 Å². The molecule has 26 heavy (non-hydrogen) atoms. The summed E-state index contributed by atoms with van der Waals surface area (Å²) in [5.74, 6) is -0.264. The van der Waals surface area contributed by atoms with Crippen LogP contribution in [0.15, 0.2) is 54.6 Å². The molecular weight excluding hydrogens is 329 g/mol. The molecular formula is C21H22FN3O. The minimum Gasteiger partial charge on any atom is -0.340 e. The number of rotatable bonds is 3. The third-order valence-electron chi connectivity index (χ3n) is 5.13. The molecule has 3 aromatic rings. The van der Waals surface area contributed by atoms with Crippen LogP contribution >= 0.6 is 0 Å². The Hall–Kier alpha value is -2.66. The second kappa shape index (κ2) is 6.92. The number of aromatic nitrogens is 1.